The molecule has 0 spiro atoms. The van der Waals surface area contributed by atoms with E-state index in [0.717, 1.165) is 0 Å². The Labute approximate surface area is 167 Å². The van der Waals surface area contributed by atoms with E-state index >= 15 is 0 Å². The smallest absolute Gasteiger partial charge is 0.326 e. The molecule has 0 aliphatic carbocycles. The number of carboxylic acid groups (broad SMARTS) is 2. The van der Waals surface area contributed by atoms with Gasteiger partial charge in [-0.25, -0.2) is 4.79 Å². The number of nitrogens with one attached hydrogen (secondary N) is 3. The molecule has 3 amide bonds. The molecule has 0 radical (unpaired) electrons. The van der Waals surface area contributed by atoms with Gasteiger partial charge in [0.05, 0.1) is 6.42 Å². The molecule has 5 N–H and O–H groups in total. The zero-order valence-electron chi connectivity index (χ0n) is 16.2. The Balaban J connectivity index is 2.96. The predicted octanol–water partition coefficient (Wildman–Crippen LogP) is -0.327. The molecule has 0 fully saturated rings. The van der Waals surface area contributed by atoms with E-state index in [0.29, 0.717) is 5.56 Å². The third-order valence-electron chi connectivity index (χ3n) is 4.00. The van der Waals surface area contributed by atoms with Gasteiger partial charge in [-0.05, 0) is 12.5 Å². The molecule has 10 nitrogen and oxygen atoms in total. The Hall–Kier alpha value is -3.43. The van der Waals surface area contributed by atoms with Gasteiger partial charge < -0.3 is 26.2 Å². The fraction of sp³-hybridized carbons (Fsp3) is 0.421. The van der Waals surface area contributed by atoms with Crippen molar-refractivity contribution in [3.8, 4) is 0 Å². The van der Waals surface area contributed by atoms with Crippen LogP contribution >= 0.6 is 0 Å². The number of hydrogen-bond donors (Lipinski definition) is 5. The second-order valence-electron chi connectivity index (χ2n) is 6.39. The topological polar surface area (TPSA) is 162 Å². The molecule has 1 rings (SSSR count). The minimum atomic E-state index is -1.65. The molecule has 1 aromatic carbocycles. The summed E-state index contributed by atoms with van der Waals surface area (Å²) in [4.78, 5) is 58.5. The summed E-state index contributed by atoms with van der Waals surface area (Å²) in [5.74, 6) is -4.71. The van der Waals surface area contributed by atoms with E-state index in [4.69, 9.17) is 10.2 Å². The first-order valence-corrected chi connectivity index (χ1v) is 9.02. The number of hydrogen-bond acceptors (Lipinski definition) is 5. The molecule has 0 heterocycles. The standard InChI is InChI=1S/C19H25N3O7/c1-3-15(23)20-11(2)17(26)21-13(9-12-7-5-4-6-8-12)18(27)22-14(19(28)29)10-16(24)25/h4-8,11,13-14H,3,9-10H2,1-2H3,(H,20,23)(H,21,26)(H,22,27)(H,24,25)(H,28,29)/t11-,13-,14-/m0/s1. The van der Waals surface area contributed by atoms with Crippen LogP contribution in [0, 0.1) is 0 Å². The molecule has 29 heavy (non-hydrogen) atoms. The van der Waals surface area contributed by atoms with Crippen molar-refractivity contribution >= 4 is 29.7 Å². The molecular formula is C19H25N3O7. The van der Waals surface area contributed by atoms with Gasteiger partial charge in [0, 0.05) is 12.8 Å². The minimum Gasteiger partial charge on any atom is -0.481 e. The lowest BCUT2D eigenvalue weighted by molar-refractivity contribution is -0.147. The molecular weight excluding hydrogens is 382 g/mol. The molecule has 1 aromatic rings. The first kappa shape index (κ1) is 23.6. The van der Waals surface area contributed by atoms with Crippen LogP contribution in [0.3, 0.4) is 0 Å². The summed E-state index contributed by atoms with van der Waals surface area (Å²) in [6.07, 6.45) is -0.580. The quantitative estimate of drug-likeness (QED) is 0.335. The van der Waals surface area contributed by atoms with Gasteiger partial charge in [0.2, 0.25) is 17.7 Å². The van der Waals surface area contributed by atoms with Gasteiger partial charge in [0.15, 0.2) is 0 Å². The van der Waals surface area contributed by atoms with Crippen molar-refractivity contribution in [3.63, 3.8) is 0 Å². The number of amides is 3. The first-order chi connectivity index (χ1) is 13.6. The Morgan fingerprint density at radius 1 is 0.897 bits per heavy atom. The van der Waals surface area contributed by atoms with Gasteiger partial charge in [-0.1, -0.05) is 37.3 Å². The van der Waals surface area contributed by atoms with Crippen LogP contribution in [-0.2, 0) is 30.4 Å². The summed E-state index contributed by atoms with van der Waals surface area (Å²) < 4.78 is 0. The third kappa shape index (κ3) is 8.41. The maximum Gasteiger partial charge on any atom is 0.326 e. The fourth-order valence-corrected chi connectivity index (χ4v) is 2.41. The number of aliphatic carboxylic acids is 2. The lowest BCUT2D eigenvalue weighted by Crippen LogP contribution is -2.56. The number of carbonyl (C=O) groups is 5. The second-order valence-corrected chi connectivity index (χ2v) is 6.39. The summed E-state index contributed by atoms with van der Waals surface area (Å²) >= 11 is 0. The van der Waals surface area contributed by atoms with Crippen molar-refractivity contribution in [2.75, 3.05) is 0 Å². The highest BCUT2D eigenvalue weighted by molar-refractivity contribution is 5.94. The zero-order valence-corrected chi connectivity index (χ0v) is 16.2. The highest BCUT2D eigenvalue weighted by Crippen LogP contribution is 2.05. The summed E-state index contributed by atoms with van der Waals surface area (Å²) in [6, 6.07) is 4.96. The van der Waals surface area contributed by atoms with E-state index in [9.17, 15) is 24.0 Å². The van der Waals surface area contributed by atoms with E-state index in [1.807, 2.05) is 0 Å². The highest BCUT2D eigenvalue weighted by Gasteiger charge is 2.29. The summed E-state index contributed by atoms with van der Waals surface area (Å²) in [5, 5.41) is 25.0. The second kappa shape index (κ2) is 11.4. The molecule has 0 unspecified atom stereocenters. The molecule has 0 aromatic heterocycles. The molecule has 0 bridgehead atoms. The molecule has 0 saturated heterocycles. The molecule has 3 atom stereocenters. The lowest BCUT2D eigenvalue weighted by atomic mass is 10.0. The number of carboxylic acids is 2. The normalized spacial score (nSPS) is 13.4. The van der Waals surface area contributed by atoms with Crippen molar-refractivity contribution in [1.82, 2.24) is 16.0 Å². The van der Waals surface area contributed by atoms with Crippen molar-refractivity contribution in [3.05, 3.63) is 35.9 Å². The molecule has 0 aliphatic rings. The largest absolute Gasteiger partial charge is 0.481 e. The summed E-state index contributed by atoms with van der Waals surface area (Å²) in [7, 11) is 0. The van der Waals surface area contributed by atoms with Gasteiger partial charge in [-0.3, -0.25) is 19.2 Å². The number of rotatable bonds is 11. The average molecular weight is 407 g/mol. The maximum absolute atomic E-state index is 12.6. The minimum absolute atomic E-state index is 0.0479. The van der Waals surface area contributed by atoms with Crippen molar-refractivity contribution in [2.45, 2.75) is 51.2 Å². The predicted molar refractivity (Wildman–Crippen MR) is 102 cm³/mol. The zero-order chi connectivity index (χ0) is 22.0. The van der Waals surface area contributed by atoms with Crippen LogP contribution in [-0.4, -0.2) is 58.0 Å². The van der Waals surface area contributed by atoms with Gasteiger partial charge >= 0.3 is 11.9 Å². The van der Waals surface area contributed by atoms with Crippen LogP contribution in [0.15, 0.2) is 30.3 Å². The number of benzene rings is 1. The highest BCUT2D eigenvalue weighted by atomic mass is 16.4. The Bertz CT molecular complexity index is 751. The van der Waals surface area contributed by atoms with Crippen LogP contribution in [0.25, 0.3) is 0 Å². The first-order valence-electron chi connectivity index (χ1n) is 9.02. The summed E-state index contributed by atoms with van der Waals surface area (Å²) in [6.45, 7) is 3.07. The third-order valence-corrected chi connectivity index (χ3v) is 4.00. The molecule has 158 valence electrons. The number of carbonyl (C=O) groups excluding carboxylic acids is 3. The monoisotopic (exact) mass is 407 g/mol. The van der Waals surface area contributed by atoms with Crippen LogP contribution in [0.5, 0.6) is 0 Å². The Morgan fingerprint density at radius 2 is 1.48 bits per heavy atom. The Morgan fingerprint density at radius 3 is 2.00 bits per heavy atom. The van der Waals surface area contributed by atoms with Crippen LogP contribution in [0.4, 0.5) is 0 Å². The summed E-state index contributed by atoms with van der Waals surface area (Å²) in [5.41, 5.74) is 0.698. The van der Waals surface area contributed by atoms with E-state index in [2.05, 4.69) is 16.0 Å². The van der Waals surface area contributed by atoms with E-state index in [-0.39, 0.29) is 18.7 Å². The van der Waals surface area contributed by atoms with Crippen molar-refractivity contribution in [1.29, 1.82) is 0 Å². The van der Waals surface area contributed by atoms with Gasteiger partial charge in [0.1, 0.15) is 18.1 Å². The van der Waals surface area contributed by atoms with E-state index in [1.54, 1.807) is 37.3 Å². The van der Waals surface area contributed by atoms with Gasteiger partial charge in [-0.15, -0.1) is 0 Å². The molecule has 0 aliphatic heterocycles. The van der Waals surface area contributed by atoms with E-state index in [1.165, 1.54) is 6.92 Å². The Kier molecular flexibility index (Phi) is 9.30. The average Bonchev–Trinajstić information content (AvgIpc) is 2.66. The van der Waals surface area contributed by atoms with Crippen molar-refractivity contribution in [2.24, 2.45) is 0 Å². The molecule has 10 heteroatoms. The van der Waals surface area contributed by atoms with Gasteiger partial charge in [-0.2, -0.15) is 0 Å². The van der Waals surface area contributed by atoms with Crippen LogP contribution in [0.1, 0.15) is 32.3 Å². The van der Waals surface area contributed by atoms with Crippen LogP contribution < -0.4 is 16.0 Å². The SMILES string of the molecule is CCC(=O)N[C@@H](C)C(=O)N[C@@H](Cc1ccccc1)C(=O)N[C@@H](CC(=O)O)C(=O)O. The van der Waals surface area contributed by atoms with Crippen LogP contribution in [0.2, 0.25) is 0 Å². The van der Waals surface area contributed by atoms with Gasteiger partial charge in [0.25, 0.3) is 0 Å². The lowest BCUT2D eigenvalue weighted by Gasteiger charge is -2.23. The molecule has 0 saturated carbocycles. The van der Waals surface area contributed by atoms with Crippen molar-refractivity contribution < 1.29 is 34.2 Å². The van der Waals surface area contributed by atoms with E-state index < -0.39 is 48.3 Å². The maximum atomic E-state index is 12.6. The fourth-order valence-electron chi connectivity index (χ4n) is 2.41.